The lowest BCUT2D eigenvalue weighted by Gasteiger charge is -2.09. The molecule has 1 heterocycles. The fourth-order valence-corrected chi connectivity index (χ4v) is 2.64. The highest BCUT2D eigenvalue weighted by atomic mass is 35.5. The van der Waals surface area contributed by atoms with Crippen LogP contribution in [0.3, 0.4) is 0 Å². The number of hydrogen-bond acceptors (Lipinski definition) is 3. The third-order valence-electron chi connectivity index (χ3n) is 3.71. The molecule has 0 aliphatic carbocycles. The minimum atomic E-state index is -0.525. The van der Waals surface area contributed by atoms with Gasteiger partial charge >= 0.3 is 0 Å². The normalized spacial score (nSPS) is 10.3. The molecule has 3 rings (SSSR count). The Labute approximate surface area is 160 Å². The minimum Gasteiger partial charge on any atom is -0.346 e. The number of pyridine rings is 1. The summed E-state index contributed by atoms with van der Waals surface area (Å²) in [5, 5.41) is 5.43. The van der Waals surface area contributed by atoms with Crippen molar-refractivity contribution >= 4 is 29.1 Å². The predicted molar refractivity (Wildman–Crippen MR) is 101 cm³/mol. The fourth-order valence-electron chi connectivity index (χ4n) is 2.39. The number of hydrogen-bond donors (Lipinski definition) is 2. The molecular formula is C20H15ClFN3O2. The highest BCUT2D eigenvalue weighted by molar-refractivity contribution is 6.34. The number of anilines is 1. The second-order valence-corrected chi connectivity index (χ2v) is 6.07. The number of carbonyl (C=O) groups is 2. The molecule has 3 aromatic rings. The van der Waals surface area contributed by atoms with Crippen molar-refractivity contribution in [1.82, 2.24) is 10.3 Å². The van der Waals surface area contributed by atoms with Gasteiger partial charge in [-0.1, -0.05) is 23.7 Å². The van der Waals surface area contributed by atoms with Gasteiger partial charge in [0.2, 0.25) is 0 Å². The van der Waals surface area contributed by atoms with Crippen LogP contribution in [0.5, 0.6) is 0 Å². The summed E-state index contributed by atoms with van der Waals surface area (Å²) in [5.41, 5.74) is 1.68. The van der Waals surface area contributed by atoms with Crippen molar-refractivity contribution in [2.75, 3.05) is 5.32 Å². The predicted octanol–water partition coefficient (Wildman–Crippen LogP) is 4.06. The Hall–Kier alpha value is -3.25. The van der Waals surface area contributed by atoms with Crippen molar-refractivity contribution in [3.05, 3.63) is 94.5 Å². The maximum Gasteiger partial charge on any atom is 0.257 e. The molecule has 0 saturated carbocycles. The van der Waals surface area contributed by atoms with E-state index >= 15 is 0 Å². The summed E-state index contributed by atoms with van der Waals surface area (Å²) in [4.78, 5) is 28.8. The molecule has 0 atom stereocenters. The number of benzene rings is 2. The van der Waals surface area contributed by atoms with Gasteiger partial charge in [0, 0.05) is 17.4 Å². The van der Waals surface area contributed by atoms with Gasteiger partial charge in [0.25, 0.3) is 11.8 Å². The highest BCUT2D eigenvalue weighted by Gasteiger charge is 2.13. The van der Waals surface area contributed by atoms with Crippen molar-refractivity contribution in [2.45, 2.75) is 6.54 Å². The molecule has 0 saturated heterocycles. The van der Waals surface area contributed by atoms with Gasteiger partial charge in [0.05, 0.1) is 22.8 Å². The summed E-state index contributed by atoms with van der Waals surface area (Å²) in [5.74, 6) is -1.31. The van der Waals surface area contributed by atoms with E-state index in [0.29, 0.717) is 17.8 Å². The van der Waals surface area contributed by atoms with Crippen LogP contribution >= 0.6 is 11.6 Å². The molecule has 2 amide bonds. The molecule has 0 unspecified atom stereocenters. The Morgan fingerprint density at radius 3 is 2.59 bits per heavy atom. The molecule has 0 fully saturated rings. The van der Waals surface area contributed by atoms with Crippen LogP contribution in [0.4, 0.5) is 10.1 Å². The summed E-state index contributed by atoms with van der Waals surface area (Å²) in [6.45, 7) is 0.293. The van der Waals surface area contributed by atoms with Crippen molar-refractivity contribution in [1.29, 1.82) is 0 Å². The van der Waals surface area contributed by atoms with Gasteiger partial charge < -0.3 is 10.6 Å². The van der Waals surface area contributed by atoms with Crippen molar-refractivity contribution in [3.63, 3.8) is 0 Å². The number of amides is 2. The molecule has 0 bridgehead atoms. The zero-order chi connectivity index (χ0) is 19.2. The number of halogens is 2. The first kappa shape index (κ1) is 18.5. The highest BCUT2D eigenvalue weighted by Crippen LogP contribution is 2.19. The van der Waals surface area contributed by atoms with Crippen LogP contribution in [0.1, 0.15) is 26.4 Å². The lowest BCUT2D eigenvalue weighted by Crippen LogP contribution is -2.23. The zero-order valence-electron chi connectivity index (χ0n) is 14.1. The summed E-state index contributed by atoms with van der Waals surface area (Å²) >= 11 is 5.90. The van der Waals surface area contributed by atoms with Gasteiger partial charge in [-0.15, -0.1) is 0 Å². The number of aromatic nitrogens is 1. The lowest BCUT2D eigenvalue weighted by molar-refractivity contribution is 0.0949. The smallest absolute Gasteiger partial charge is 0.257 e. The van der Waals surface area contributed by atoms with E-state index in [1.807, 2.05) is 12.1 Å². The van der Waals surface area contributed by atoms with E-state index in [4.69, 9.17) is 11.6 Å². The third kappa shape index (κ3) is 4.89. The average Bonchev–Trinajstić information content (AvgIpc) is 2.67. The van der Waals surface area contributed by atoms with Gasteiger partial charge in [-0.2, -0.15) is 0 Å². The fraction of sp³-hybridized carbons (Fsp3) is 0.0500. The first-order valence-corrected chi connectivity index (χ1v) is 8.45. The Morgan fingerprint density at radius 2 is 1.85 bits per heavy atom. The van der Waals surface area contributed by atoms with Crippen LogP contribution in [0.2, 0.25) is 5.02 Å². The molecule has 5 nitrogen and oxygen atoms in total. The number of rotatable bonds is 5. The van der Waals surface area contributed by atoms with Gasteiger partial charge in [-0.25, -0.2) is 4.39 Å². The Morgan fingerprint density at radius 1 is 1.00 bits per heavy atom. The minimum absolute atomic E-state index is 0.0109. The van der Waals surface area contributed by atoms with E-state index in [1.54, 1.807) is 36.5 Å². The Balaban J connectivity index is 1.67. The first-order chi connectivity index (χ1) is 13.0. The molecule has 0 radical (unpaired) electrons. The third-order valence-corrected chi connectivity index (χ3v) is 4.03. The van der Waals surface area contributed by atoms with Gasteiger partial charge in [0.15, 0.2) is 0 Å². The molecule has 0 aliphatic rings. The number of carbonyl (C=O) groups excluding carboxylic acids is 2. The standard InChI is InChI=1S/C20H15ClFN3O2/c21-18-11-14(22)7-8-17(18)20(27)25-15-6-3-4-13(10-15)19(26)24-12-16-5-1-2-9-23-16/h1-11H,12H2,(H,24,26)(H,25,27). The van der Waals surface area contributed by atoms with E-state index in [2.05, 4.69) is 15.6 Å². The Kier molecular flexibility index (Phi) is 5.78. The maximum absolute atomic E-state index is 13.1. The molecule has 0 spiro atoms. The van der Waals surface area contributed by atoms with Gasteiger partial charge in [0.1, 0.15) is 5.82 Å². The zero-order valence-corrected chi connectivity index (χ0v) is 14.8. The largest absolute Gasteiger partial charge is 0.346 e. The van der Waals surface area contributed by atoms with Gasteiger partial charge in [-0.05, 0) is 48.5 Å². The SMILES string of the molecule is O=C(NCc1ccccn1)c1cccc(NC(=O)c2ccc(F)cc2Cl)c1. The molecule has 1 aromatic heterocycles. The quantitative estimate of drug-likeness (QED) is 0.698. The van der Waals surface area contributed by atoms with Crippen LogP contribution in [0, 0.1) is 5.82 Å². The second-order valence-electron chi connectivity index (χ2n) is 5.66. The van der Waals surface area contributed by atoms with E-state index in [1.165, 1.54) is 6.07 Å². The molecule has 27 heavy (non-hydrogen) atoms. The van der Waals surface area contributed by atoms with E-state index < -0.39 is 11.7 Å². The Bertz CT molecular complexity index is 980. The van der Waals surface area contributed by atoms with Crippen LogP contribution in [0.15, 0.2) is 66.9 Å². The first-order valence-electron chi connectivity index (χ1n) is 8.07. The van der Waals surface area contributed by atoms with E-state index in [9.17, 15) is 14.0 Å². The van der Waals surface area contributed by atoms with Crippen LogP contribution < -0.4 is 10.6 Å². The summed E-state index contributed by atoms with van der Waals surface area (Å²) < 4.78 is 13.1. The topological polar surface area (TPSA) is 71.1 Å². The van der Waals surface area contributed by atoms with Crippen molar-refractivity contribution < 1.29 is 14.0 Å². The lowest BCUT2D eigenvalue weighted by atomic mass is 10.1. The molecule has 136 valence electrons. The van der Waals surface area contributed by atoms with Crippen molar-refractivity contribution in [3.8, 4) is 0 Å². The summed E-state index contributed by atoms with van der Waals surface area (Å²) in [6.07, 6.45) is 1.65. The molecule has 7 heteroatoms. The summed E-state index contributed by atoms with van der Waals surface area (Å²) in [6, 6.07) is 15.4. The molecule has 2 aromatic carbocycles. The number of nitrogens with zero attached hydrogens (tertiary/aromatic N) is 1. The van der Waals surface area contributed by atoms with Crippen LogP contribution in [-0.2, 0) is 6.54 Å². The van der Waals surface area contributed by atoms with E-state index in [-0.39, 0.29) is 16.5 Å². The monoisotopic (exact) mass is 383 g/mol. The van der Waals surface area contributed by atoms with Crippen molar-refractivity contribution in [2.24, 2.45) is 0 Å². The van der Waals surface area contributed by atoms with E-state index in [0.717, 1.165) is 17.8 Å². The number of nitrogens with one attached hydrogen (secondary N) is 2. The molecular weight excluding hydrogens is 369 g/mol. The van der Waals surface area contributed by atoms with Gasteiger partial charge in [-0.3, -0.25) is 14.6 Å². The van der Waals surface area contributed by atoms with Crippen LogP contribution in [0.25, 0.3) is 0 Å². The molecule has 2 N–H and O–H groups in total. The second kappa shape index (κ2) is 8.42. The molecule has 0 aliphatic heterocycles. The van der Waals surface area contributed by atoms with Crippen LogP contribution in [-0.4, -0.2) is 16.8 Å². The summed E-state index contributed by atoms with van der Waals surface area (Å²) in [7, 11) is 0. The average molecular weight is 384 g/mol. The maximum atomic E-state index is 13.1.